The number of aromatic amines is 1. The Bertz CT molecular complexity index is 854. The van der Waals surface area contributed by atoms with Crippen LogP contribution in [0.25, 0.3) is 0 Å². The predicted molar refractivity (Wildman–Crippen MR) is 114 cm³/mol. The number of nitrogens with zero attached hydrogens (tertiary/aromatic N) is 1. The van der Waals surface area contributed by atoms with Gasteiger partial charge in [-0.3, -0.25) is 14.3 Å². The van der Waals surface area contributed by atoms with Crippen LogP contribution >= 0.6 is 15.9 Å². The third-order valence-corrected chi connectivity index (χ3v) is 11.2. The van der Waals surface area contributed by atoms with E-state index in [1.54, 1.807) is 6.08 Å². The van der Waals surface area contributed by atoms with E-state index >= 15 is 0 Å². The molecule has 0 amide bonds. The zero-order chi connectivity index (χ0) is 20.6. The molecule has 1 aliphatic rings. The molecule has 0 unspecified atom stereocenters. The molecule has 1 aromatic rings. The number of hydrogen-bond acceptors (Lipinski definition) is 4. The quantitative estimate of drug-likeness (QED) is 0.629. The van der Waals surface area contributed by atoms with Gasteiger partial charge >= 0.3 is 5.69 Å². The lowest BCUT2D eigenvalue weighted by Crippen LogP contribution is -2.46. The molecule has 0 fully saturated rings. The van der Waals surface area contributed by atoms with Gasteiger partial charge in [0.2, 0.25) is 0 Å². The van der Waals surface area contributed by atoms with Crippen LogP contribution in [-0.2, 0) is 9.16 Å². The minimum absolute atomic E-state index is 0.101. The molecule has 1 N–H and O–H groups in total. The zero-order valence-corrected chi connectivity index (χ0v) is 19.4. The van der Waals surface area contributed by atoms with E-state index in [2.05, 4.69) is 68.3 Å². The van der Waals surface area contributed by atoms with Gasteiger partial charge in [0.05, 0.1) is 11.1 Å². The van der Waals surface area contributed by atoms with Gasteiger partial charge in [-0.05, 0) is 51.6 Å². The van der Waals surface area contributed by atoms with Crippen LogP contribution in [0.2, 0.25) is 18.1 Å². The Labute approximate surface area is 169 Å². The number of ether oxygens (including phenoxy) is 1. The molecular weight excluding hydrogens is 428 g/mol. The monoisotopic (exact) mass is 456 g/mol. The smallest absolute Gasteiger partial charge is 0.330 e. The first-order valence-electron chi connectivity index (χ1n) is 9.05. The SMILES string of the molecule is C=CC1=C[C@H](n2cc(Br)c(=O)[nH]c2=O)O[C@@H]1CO[Si](C)(C)C(C)(C)C(C)C. The van der Waals surface area contributed by atoms with Crippen molar-refractivity contribution in [1.82, 2.24) is 9.55 Å². The highest BCUT2D eigenvalue weighted by Gasteiger charge is 2.44. The fourth-order valence-corrected chi connectivity index (χ4v) is 5.50. The molecular formula is C19H29BrN2O4Si. The average Bonchev–Trinajstić information content (AvgIpc) is 2.99. The Kier molecular flexibility index (Phi) is 6.56. The molecule has 2 rings (SSSR count). The molecule has 0 aliphatic carbocycles. The summed E-state index contributed by atoms with van der Waals surface area (Å²) < 4.78 is 14.1. The molecule has 0 spiro atoms. The molecule has 1 aliphatic heterocycles. The van der Waals surface area contributed by atoms with E-state index in [0.717, 1.165) is 5.57 Å². The van der Waals surface area contributed by atoms with Crippen molar-refractivity contribution < 1.29 is 9.16 Å². The molecule has 0 radical (unpaired) electrons. The normalized spacial score (nSPS) is 20.8. The number of hydrogen-bond donors (Lipinski definition) is 1. The Balaban J connectivity index is 2.19. The lowest BCUT2D eigenvalue weighted by Gasteiger charge is -2.43. The first kappa shape index (κ1) is 22.1. The van der Waals surface area contributed by atoms with Crippen molar-refractivity contribution >= 4 is 24.2 Å². The molecule has 2 heterocycles. The van der Waals surface area contributed by atoms with E-state index in [9.17, 15) is 9.59 Å². The minimum Gasteiger partial charge on any atom is -0.414 e. The van der Waals surface area contributed by atoms with Crippen LogP contribution in [0.4, 0.5) is 0 Å². The summed E-state index contributed by atoms with van der Waals surface area (Å²) in [4.78, 5) is 25.9. The van der Waals surface area contributed by atoms with Crippen molar-refractivity contribution in [2.24, 2.45) is 5.92 Å². The van der Waals surface area contributed by atoms with E-state index in [0.29, 0.717) is 12.5 Å². The number of aromatic nitrogens is 2. The lowest BCUT2D eigenvalue weighted by atomic mass is 9.99. The number of rotatable bonds is 7. The standard InChI is InChI=1S/C19H29BrN2O4Si/c1-8-13-9-16(22-10-14(20)17(23)21-18(22)24)26-15(13)11-25-27(6,7)19(4,5)12(2)3/h8-10,12,15-16H,1,11H2,2-7H3,(H,21,23,24)/t15-,16-/m1/s1. The van der Waals surface area contributed by atoms with E-state index in [-0.39, 0.29) is 15.6 Å². The molecule has 6 nitrogen and oxygen atoms in total. The lowest BCUT2D eigenvalue weighted by molar-refractivity contribution is -0.0108. The van der Waals surface area contributed by atoms with Gasteiger partial charge in [-0.1, -0.05) is 40.3 Å². The fourth-order valence-electron chi connectivity index (χ4n) is 2.85. The van der Waals surface area contributed by atoms with Gasteiger partial charge < -0.3 is 9.16 Å². The zero-order valence-electron chi connectivity index (χ0n) is 16.8. The van der Waals surface area contributed by atoms with Crippen molar-refractivity contribution in [1.29, 1.82) is 0 Å². The number of nitrogens with one attached hydrogen (secondary N) is 1. The first-order chi connectivity index (χ1) is 12.4. The summed E-state index contributed by atoms with van der Waals surface area (Å²) in [6.07, 6.45) is 4.07. The topological polar surface area (TPSA) is 73.3 Å². The summed E-state index contributed by atoms with van der Waals surface area (Å²) >= 11 is 3.15. The summed E-state index contributed by atoms with van der Waals surface area (Å²) in [6.45, 7) is 17.6. The largest absolute Gasteiger partial charge is 0.414 e. The second kappa shape index (κ2) is 8.03. The van der Waals surface area contributed by atoms with E-state index in [1.807, 2.05) is 6.08 Å². The molecule has 1 aromatic heterocycles. The second-order valence-electron chi connectivity index (χ2n) is 8.23. The van der Waals surface area contributed by atoms with Crippen molar-refractivity contribution in [2.45, 2.75) is 58.2 Å². The first-order valence-corrected chi connectivity index (χ1v) is 12.8. The van der Waals surface area contributed by atoms with Crippen LogP contribution in [0.3, 0.4) is 0 Å². The van der Waals surface area contributed by atoms with Crippen LogP contribution in [0.1, 0.15) is 33.9 Å². The van der Waals surface area contributed by atoms with Crippen LogP contribution in [0, 0.1) is 5.92 Å². The van der Waals surface area contributed by atoms with E-state index in [1.165, 1.54) is 10.8 Å². The molecule has 0 saturated heterocycles. The Morgan fingerprint density at radius 2 is 2.07 bits per heavy atom. The number of halogens is 1. The number of H-pyrrole nitrogens is 1. The average molecular weight is 457 g/mol. The third-order valence-electron chi connectivity index (χ3n) is 6.04. The maximum Gasteiger partial charge on any atom is 0.330 e. The predicted octanol–water partition coefficient (Wildman–Crippen LogP) is 3.97. The van der Waals surface area contributed by atoms with Crippen molar-refractivity contribution in [2.75, 3.05) is 6.61 Å². The van der Waals surface area contributed by atoms with Crippen molar-refractivity contribution in [3.8, 4) is 0 Å². The molecule has 27 heavy (non-hydrogen) atoms. The van der Waals surface area contributed by atoms with Gasteiger partial charge in [-0.25, -0.2) is 4.79 Å². The fraction of sp³-hybridized carbons (Fsp3) is 0.579. The van der Waals surface area contributed by atoms with Gasteiger partial charge in [-0.15, -0.1) is 0 Å². The van der Waals surface area contributed by atoms with Crippen molar-refractivity contribution in [3.05, 3.63) is 55.8 Å². The van der Waals surface area contributed by atoms with Crippen LogP contribution in [-0.4, -0.2) is 30.6 Å². The molecule has 0 bridgehead atoms. The van der Waals surface area contributed by atoms with Gasteiger partial charge in [0.15, 0.2) is 14.5 Å². The summed E-state index contributed by atoms with van der Waals surface area (Å²) in [6, 6.07) is 0. The van der Waals surface area contributed by atoms with Crippen LogP contribution in [0.5, 0.6) is 0 Å². The minimum atomic E-state index is -2.00. The summed E-state index contributed by atoms with van der Waals surface area (Å²) in [5, 5.41) is 0.101. The second-order valence-corrected chi connectivity index (χ2v) is 13.7. The summed E-state index contributed by atoms with van der Waals surface area (Å²) in [5.41, 5.74) is -0.114. The maximum atomic E-state index is 12.1. The third kappa shape index (κ3) is 4.44. The van der Waals surface area contributed by atoms with Crippen molar-refractivity contribution in [3.63, 3.8) is 0 Å². The van der Waals surface area contributed by atoms with Gasteiger partial charge in [-0.2, -0.15) is 0 Å². The molecule has 150 valence electrons. The Morgan fingerprint density at radius 1 is 1.44 bits per heavy atom. The maximum absolute atomic E-state index is 12.1. The Hall–Kier alpha value is -1.22. The van der Waals surface area contributed by atoms with E-state index < -0.39 is 25.8 Å². The van der Waals surface area contributed by atoms with Crippen LogP contribution in [0.15, 0.2) is 44.6 Å². The molecule has 0 aromatic carbocycles. The summed E-state index contributed by atoms with van der Waals surface area (Å²) in [7, 11) is -2.00. The summed E-state index contributed by atoms with van der Waals surface area (Å²) in [5.74, 6) is 0.503. The van der Waals surface area contributed by atoms with Gasteiger partial charge in [0.25, 0.3) is 5.56 Å². The van der Waals surface area contributed by atoms with Crippen LogP contribution < -0.4 is 11.2 Å². The van der Waals surface area contributed by atoms with E-state index in [4.69, 9.17) is 9.16 Å². The molecule has 0 saturated carbocycles. The highest BCUT2D eigenvalue weighted by atomic mass is 79.9. The highest BCUT2D eigenvalue weighted by molar-refractivity contribution is 9.10. The highest BCUT2D eigenvalue weighted by Crippen LogP contribution is 2.45. The molecule has 2 atom stereocenters. The van der Waals surface area contributed by atoms with Gasteiger partial charge in [0, 0.05) is 6.20 Å². The van der Waals surface area contributed by atoms with Gasteiger partial charge in [0.1, 0.15) is 6.10 Å². The molecule has 8 heteroatoms. The Morgan fingerprint density at radius 3 is 2.63 bits per heavy atom.